The molecular formula is C27H31ClN4O7. The second-order valence-corrected chi connectivity index (χ2v) is 9.50. The minimum Gasteiger partial charge on any atom is -0.452 e. The van der Waals surface area contributed by atoms with Crippen LogP contribution in [0.4, 0.5) is 4.79 Å². The highest BCUT2D eigenvalue weighted by Crippen LogP contribution is 2.23. The van der Waals surface area contributed by atoms with Gasteiger partial charge in [0.05, 0.1) is 6.54 Å². The number of nitrogens with two attached hydrogens (primary N) is 1. The Kier molecular flexibility index (Phi) is 10.2. The normalized spacial score (nSPS) is 10.8. The van der Waals surface area contributed by atoms with Gasteiger partial charge in [0.25, 0.3) is 0 Å². The first-order valence-electron chi connectivity index (χ1n) is 11.8. The van der Waals surface area contributed by atoms with E-state index in [1.807, 2.05) is 0 Å². The summed E-state index contributed by atoms with van der Waals surface area (Å²) >= 11 is 0. The van der Waals surface area contributed by atoms with Crippen LogP contribution >= 0.6 is 12.4 Å². The minimum atomic E-state index is -0.788. The molecule has 0 aliphatic heterocycles. The summed E-state index contributed by atoms with van der Waals surface area (Å²) in [6.45, 7) is 5.06. The third kappa shape index (κ3) is 8.85. The lowest BCUT2D eigenvalue weighted by atomic mass is 10.1. The van der Waals surface area contributed by atoms with Gasteiger partial charge in [0.2, 0.25) is 17.6 Å². The van der Waals surface area contributed by atoms with Gasteiger partial charge >= 0.3 is 12.1 Å². The number of hydrogen-bond acceptors (Lipinski definition) is 8. The standard InChI is InChI=1S/C27H30N4O7.ClH/c1-27(2,3)38-26(35)31(4)23(33)12-11-22(32)30-15-20-9-10-21(36-20)25(34)37-19-8-7-16-13-18(24(28)29)6-5-17(16)14-19;/h5-10,13-14H,11-12,15H2,1-4H3,(H3,28,29)(H,30,32);1H. The molecule has 0 unspecified atom stereocenters. The van der Waals surface area contributed by atoms with Crippen molar-refractivity contribution in [2.75, 3.05) is 7.05 Å². The van der Waals surface area contributed by atoms with Crippen LogP contribution in [0.5, 0.6) is 5.75 Å². The van der Waals surface area contributed by atoms with E-state index in [0.717, 1.165) is 15.7 Å². The predicted molar refractivity (Wildman–Crippen MR) is 146 cm³/mol. The van der Waals surface area contributed by atoms with Crippen molar-refractivity contribution in [2.45, 2.75) is 45.8 Å². The van der Waals surface area contributed by atoms with E-state index in [1.165, 1.54) is 19.2 Å². The number of carbonyl (C=O) groups is 4. The van der Waals surface area contributed by atoms with Crippen molar-refractivity contribution in [3.63, 3.8) is 0 Å². The summed E-state index contributed by atoms with van der Waals surface area (Å²) in [6.07, 6.45) is -1.11. The molecule has 12 heteroatoms. The van der Waals surface area contributed by atoms with Crippen LogP contribution in [-0.4, -0.2) is 47.3 Å². The van der Waals surface area contributed by atoms with Crippen molar-refractivity contribution in [2.24, 2.45) is 5.73 Å². The van der Waals surface area contributed by atoms with Crippen molar-refractivity contribution in [3.8, 4) is 5.75 Å². The average molecular weight is 559 g/mol. The van der Waals surface area contributed by atoms with Crippen LogP contribution in [0.2, 0.25) is 0 Å². The maximum Gasteiger partial charge on any atom is 0.416 e. The SMILES string of the molecule is CN(C(=O)CCC(=O)NCc1ccc(C(=O)Oc2ccc3cc(C(=N)N)ccc3c2)o1)C(=O)OC(C)(C)C.Cl. The average Bonchev–Trinajstić information content (AvgIpc) is 3.33. The number of carbonyl (C=O) groups excluding carboxylic acids is 4. The molecule has 0 aliphatic rings. The Morgan fingerprint density at radius 3 is 2.33 bits per heavy atom. The van der Waals surface area contributed by atoms with E-state index >= 15 is 0 Å². The Morgan fingerprint density at radius 2 is 1.67 bits per heavy atom. The predicted octanol–water partition coefficient (Wildman–Crippen LogP) is 4.15. The van der Waals surface area contributed by atoms with Gasteiger partial charge in [-0.25, -0.2) is 9.59 Å². The van der Waals surface area contributed by atoms with Gasteiger partial charge in [-0.2, -0.15) is 0 Å². The van der Waals surface area contributed by atoms with Crippen molar-refractivity contribution in [3.05, 3.63) is 65.6 Å². The van der Waals surface area contributed by atoms with Gasteiger partial charge in [0.15, 0.2) is 0 Å². The van der Waals surface area contributed by atoms with Gasteiger partial charge in [-0.05, 0) is 61.9 Å². The van der Waals surface area contributed by atoms with E-state index in [0.29, 0.717) is 17.1 Å². The van der Waals surface area contributed by atoms with Gasteiger partial charge in [-0.1, -0.05) is 18.2 Å². The first-order chi connectivity index (χ1) is 17.8. The largest absolute Gasteiger partial charge is 0.452 e. The second-order valence-electron chi connectivity index (χ2n) is 9.50. The van der Waals surface area contributed by atoms with Crippen molar-refractivity contribution in [1.29, 1.82) is 5.41 Å². The number of furan rings is 1. The van der Waals surface area contributed by atoms with Gasteiger partial charge < -0.3 is 24.9 Å². The number of nitrogens with one attached hydrogen (secondary N) is 2. The molecule has 0 spiro atoms. The molecule has 0 radical (unpaired) electrons. The number of amides is 3. The molecule has 0 atom stereocenters. The number of nitrogens with zero attached hydrogens (tertiary/aromatic N) is 1. The molecule has 4 N–H and O–H groups in total. The summed E-state index contributed by atoms with van der Waals surface area (Å²) in [7, 11) is 1.29. The molecule has 1 heterocycles. The first-order valence-corrected chi connectivity index (χ1v) is 11.8. The Hall–Kier alpha value is -4.38. The monoisotopic (exact) mass is 558 g/mol. The number of ether oxygens (including phenoxy) is 2. The van der Waals surface area contributed by atoms with Crippen LogP contribution < -0.4 is 15.8 Å². The first kappa shape index (κ1) is 30.8. The summed E-state index contributed by atoms with van der Waals surface area (Å²) in [4.78, 5) is 49.6. The molecule has 0 saturated heterocycles. The molecule has 39 heavy (non-hydrogen) atoms. The summed E-state index contributed by atoms with van der Waals surface area (Å²) < 4.78 is 16.0. The van der Waals surface area contributed by atoms with E-state index in [4.69, 9.17) is 25.0 Å². The Bertz CT molecular complexity index is 1390. The van der Waals surface area contributed by atoms with Gasteiger partial charge in [-0.3, -0.25) is 19.9 Å². The number of fused-ring (bicyclic) bond motifs is 1. The lowest BCUT2D eigenvalue weighted by Crippen LogP contribution is -2.38. The molecule has 11 nitrogen and oxygen atoms in total. The molecular weight excluding hydrogens is 528 g/mol. The molecule has 3 rings (SSSR count). The Morgan fingerprint density at radius 1 is 1.00 bits per heavy atom. The number of benzene rings is 2. The van der Waals surface area contributed by atoms with Crippen molar-refractivity contribution >= 4 is 52.9 Å². The lowest BCUT2D eigenvalue weighted by Gasteiger charge is -2.23. The maximum absolute atomic E-state index is 12.5. The fourth-order valence-electron chi connectivity index (χ4n) is 3.29. The number of nitrogen functional groups attached to an aromatic ring is 1. The summed E-state index contributed by atoms with van der Waals surface area (Å²) in [5.74, 6) is -1.14. The number of imide groups is 1. The van der Waals surface area contributed by atoms with Gasteiger partial charge in [0.1, 0.15) is 22.9 Å². The molecule has 0 bridgehead atoms. The van der Waals surface area contributed by atoms with E-state index in [2.05, 4.69) is 5.32 Å². The summed E-state index contributed by atoms with van der Waals surface area (Å²) in [6, 6.07) is 13.3. The van der Waals surface area contributed by atoms with Crippen LogP contribution in [-0.2, 0) is 20.9 Å². The van der Waals surface area contributed by atoms with Crippen LogP contribution in [0.3, 0.4) is 0 Å². The highest BCUT2D eigenvalue weighted by molar-refractivity contribution is 5.99. The molecule has 1 aromatic heterocycles. The van der Waals surface area contributed by atoms with E-state index in [-0.39, 0.29) is 43.4 Å². The fourth-order valence-corrected chi connectivity index (χ4v) is 3.29. The van der Waals surface area contributed by atoms with E-state index < -0.39 is 29.5 Å². The number of halogens is 1. The maximum atomic E-state index is 12.5. The van der Waals surface area contributed by atoms with Gasteiger partial charge in [0, 0.05) is 25.5 Å². The van der Waals surface area contributed by atoms with Crippen LogP contribution in [0.25, 0.3) is 10.8 Å². The van der Waals surface area contributed by atoms with Crippen molar-refractivity contribution in [1.82, 2.24) is 10.2 Å². The number of hydrogen-bond donors (Lipinski definition) is 3. The molecule has 208 valence electrons. The third-order valence-electron chi connectivity index (χ3n) is 5.26. The third-order valence-corrected chi connectivity index (χ3v) is 5.26. The van der Waals surface area contributed by atoms with Crippen LogP contribution in [0, 0.1) is 5.41 Å². The van der Waals surface area contributed by atoms with Crippen molar-refractivity contribution < 1.29 is 33.1 Å². The number of rotatable bonds is 8. The van der Waals surface area contributed by atoms with Crippen LogP contribution in [0.1, 0.15) is 55.5 Å². The smallest absolute Gasteiger partial charge is 0.416 e. The fraction of sp³-hybridized carbons (Fsp3) is 0.296. The molecule has 2 aromatic carbocycles. The highest BCUT2D eigenvalue weighted by atomic mass is 35.5. The quantitative estimate of drug-likeness (QED) is 0.160. The molecule has 0 saturated carbocycles. The zero-order valence-electron chi connectivity index (χ0n) is 22.0. The number of amidine groups is 1. The molecule has 0 fully saturated rings. The highest BCUT2D eigenvalue weighted by Gasteiger charge is 2.24. The van der Waals surface area contributed by atoms with E-state index in [1.54, 1.807) is 57.2 Å². The molecule has 3 aromatic rings. The molecule has 3 amide bonds. The summed E-state index contributed by atoms with van der Waals surface area (Å²) in [5, 5.41) is 11.8. The minimum absolute atomic E-state index is 0. The Labute approximate surface area is 231 Å². The molecule has 0 aliphatic carbocycles. The van der Waals surface area contributed by atoms with E-state index in [9.17, 15) is 19.2 Å². The number of esters is 1. The van der Waals surface area contributed by atoms with Gasteiger partial charge in [-0.15, -0.1) is 12.4 Å². The zero-order chi connectivity index (χ0) is 28.0. The zero-order valence-corrected chi connectivity index (χ0v) is 22.8. The second kappa shape index (κ2) is 12.9. The van der Waals surface area contributed by atoms with Crippen LogP contribution in [0.15, 0.2) is 52.9 Å². The lowest BCUT2D eigenvalue weighted by molar-refractivity contribution is -0.132. The summed E-state index contributed by atoms with van der Waals surface area (Å²) in [5.41, 5.74) is 5.37. The Balaban J connectivity index is 0.00000533. The topological polar surface area (TPSA) is 165 Å².